The summed E-state index contributed by atoms with van der Waals surface area (Å²) in [5.74, 6) is 0. The van der Waals surface area contributed by atoms with Gasteiger partial charge in [0.05, 0.1) is 0 Å². The van der Waals surface area contributed by atoms with Crippen LogP contribution in [0.5, 0.6) is 0 Å². The van der Waals surface area contributed by atoms with Gasteiger partial charge >= 0.3 is 0 Å². The second kappa shape index (κ2) is 6.97. The first kappa shape index (κ1) is 12.8. The van der Waals surface area contributed by atoms with Gasteiger partial charge in [-0.15, -0.1) is 0 Å². The van der Waals surface area contributed by atoms with Crippen LogP contribution in [0.15, 0.2) is 72.9 Å². The van der Waals surface area contributed by atoms with E-state index in [0.29, 0.717) is 0 Å². The standard InChI is InChI=1S/C9H8O.C8H7N/c10-8-4-7-9-5-2-1-3-6-9;1-2-4-8-7(3-1)5-6-9-8/h1-8H;1-6,9H/b7-4+;. The number of benzene rings is 2. The second-order valence-corrected chi connectivity index (χ2v) is 3.97. The molecule has 0 atom stereocenters. The molecule has 0 aliphatic carbocycles. The molecular formula is C17H15NO. The van der Waals surface area contributed by atoms with Crippen molar-refractivity contribution in [1.29, 1.82) is 0 Å². The lowest BCUT2D eigenvalue weighted by atomic mass is 10.2. The summed E-state index contributed by atoms with van der Waals surface area (Å²) in [6, 6.07) is 20.0. The Morgan fingerprint density at radius 3 is 2.32 bits per heavy atom. The maximum Gasteiger partial charge on any atom is 0.142 e. The van der Waals surface area contributed by atoms with Crippen LogP contribution in [0.1, 0.15) is 5.56 Å². The Balaban J connectivity index is 0.000000141. The van der Waals surface area contributed by atoms with Crippen LogP contribution in [0.2, 0.25) is 0 Å². The molecule has 3 rings (SSSR count). The third-order valence-corrected chi connectivity index (χ3v) is 2.63. The highest BCUT2D eigenvalue weighted by molar-refractivity contribution is 5.78. The van der Waals surface area contributed by atoms with Crippen molar-refractivity contribution in [2.45, 2.75) is 0 Å². The molecule has 0 spiro atoms. The number of aromatic amines is 1. The summed E-state index contributed by atoms with van der Waals surface area (Å²) in [5.41, 5.74) is 2.26. The Morgan fingerprint density at radius 2 is 1.58 bits per heavy atom. The fourth-order valence-electron chi connectivity index (χ4n) is 1.71. The number of hydrogen-bond acceptors (Lipinski definition) is 1. The smallest absolute Gasteiger partial charge is 0.142 e. The summed E-state index contributed by atoms with van der Waals surface area (Å²) in [6.07, 6.45) is 5.97. The molecule has 0 aliphatic rings. The minimum atomic E-state index is 0.771. The number of carbonyl (C=O) groups excluding carboxylic acids is 1. The van der Waals surface area contributed by atoms with Crippen molar-refractivity contribution in [3.05, 3.63) is 78.5 Å². The highest BCUT2D eigenvalue weighted by atomic mass is 16.1. The topological polar surface area (TPSA) is 32.9 Å². The van der Waals surface area contributed by atoms with Crippen molar-refractivity contribution >= 4 is 23.3 Å². The predicted molar refractivity (Wildman–Crippen MR) is 79.8 cm³/mol. The lowest BCUT2D eigenvalue weighted by Gasteiger charge is -1.86. The molecule has 2 aromatic carbocycles. The molecule has 0 amide bonds. The molecule has 0 radical (unpaired) electrons. The van der Waals surface area contributed by atoms with E-state index >= 15 is 0 Å². The van der Waals surface area contributed by atoms with Gasteiger partial charge in [-0.05, 0) is 29.2 Å². The molecule has 1 heterocycles. The summed E-state index contributed by atoms with van der Waals surface area (Å²) < 4.78 is 0. The normalized spacial score (nSPS) is 10.1. The van der Waals surface area contributed by atoms with Crippen LogP contribution < -0.4 is 0 Å². The minimum absolute atomic E-state index is 0.771. The van der Waals surface area contributed by atoms with Crippen molar-refractivity contribution in [3.8, 4) is 0 Å². The highest BCUT2D eigenvalue weighted by Crippen LogP contribution is 2.09. The van der Waals surface area contributed by atoms with Crippen molar-refractivity contribution in [3.63, 3.8) is 0 Å². The van der Waals surface area contributed by atoms with Crippen molar-refractivity contribution in [1.82, 2.24) is 4.98 Å². The number of para-hydroxylation sites is 1. The lowest BCUT2D eigenvalue weighted by molar-refractivity contribution is -0.104. The molecule has 3 aromatic rings. The molecule has 2 heteroatoms. The van der Waals surface area contributed by atoms with Gasteiger partial charge in [-0.25, -0.2) is 0 Å². The van der Waals surface area contributed by atoms with E-state index in [1.54, 1.807) is 6.08 Å². The fourth-order valence-corrected chi connectivity index (χ4v) is 1.71. The van der Waals surface area contributed by atoms with Crippen LogP contribution in [0.25, 0.3) is 17.0 Å². The quantitative estimate of drug-likeness (QED) is 0.539. The van der Waals surface area contributed by atoms with Crippen molar-refractivity contribution < 1.29 is 4.79 Å². The molecule has 0 saturated carbocycles. The van der Waals surface area contributed by atoms with Crippen LogP contribution in [-0.4, -0.2) is 11.3 Å². The summed E-state index contributed by atoms with van der Waals surface area (Å²) >= 11 is 0. The molecule has 0 aliphatic heterocycles. The van der Waals surface area contributed by atoms with Gasteiger partial charge in [-0.1, -0.05) is 54.6 Å². The van der Waals surface area contributed by atoms with Gasteiger partial charge in [-0.2, -0.15) is 0 Å². The molecule has 1 N–H and O–H groups in total. The number of aldehydes is 1. The van der Waals surface area contributed by atoms with E-state index < -0.39 is 0 Å². The number of fused-ring (bicyclic) bond motifs is 1. The lowest BCUT2D eigenvalue weighted by Crippen LogP contribution is -1.67. The molecule has 1 aromatic heterocycles. The largest absolute Gasteiger partial charge is 0.361 e. The number of hydrogen-bond donors (Lipinski definition) is 1. The number of carbonyl (C=O) groups is 1. The van der Waals surface area contributed by atoms with Crippen LogP contribution in [-0.2, 0) is 4.79 Å². The monoisotopic (exact) mass is 249 g/mol. The number of allylic oxidation sites excluding steroid dienone is 1. The van der Waals surface area contributed by atoms with Gasteiger partial charge in [0.1, 0.15) is 6.29 Å². The number of nitrogens with one attached hydrogen (secondary N) is 1. The third kappa shape index (κ3) is 3.96. The average molecular weight is 249 g/mol. The summed E-state index contributed by atoms with van der Waals surface area (Å²) in [5, 5.41) is 1.28. The second-order valence-electron chi connectivity index (χ2n) is 3.97. The Hall–Kier alpha value is -2.61. The van der Waals surface area contributed by atoms with Crippen molar-refractivity contribution in [2.24, 2.45) is 0 Å². The van der Waals surface area contributed by atoms with E-state index in [9.17, 15) is 4.79 Å². The molecule has 0 saturated heterocycles. The average Bonchev–Trinajstić information content (AvgIpc) is 2.95. The zero-order chi connectivity index (χ0) is 13.3. The molecule has 0 fully saturated rings. The number of aromatic nitrogens is 1. The molecular weight excluding hydrogens is 234 g/mol. The minimum Gasteiger partial charge on any atom is -0.361 e. The summed E-state index contributed by atoms with van der Waals surface area (Å²) in [6.45, 7) is 0. The zero-order valence-electron chi connectivity index (χ0n) is 10.5. The first-order chi connectivity index (χ1) is 9.40. The van der Waals surface area contributed by atoms with Crippen LogP contribution in [0, 0.1) is 0 Å². The van der Waals surface area contributed by atoms with Gasteiger partial charge in [0.25, 0.3) is 0 Å². The van der Waals surface area contributed by atoms with Gasteiger partial charge in [0.15, 0.2) is 0 Å². The Bertz CT molecular complexity index is 623. The highest BCUT2D eigenvalue weighted by Gasteiger charge is 1.86. The summed E-state index contributed by atoms with van der Waals surface area (Å²) in [4.78, 5) is 13.0. The zero-order valence-corrected chi connectivity index (χ0v) is 10.5. The predicted octanol–water partition coefficient (Wildman–Crippen LogP) is 4.07. The molecule has 2 nitrogen and oxygen atoms in total. The van der Waals surface area contributed by atoms with Gasteiger partial charge < -0.3 is 4.98 Å². The van der Waals surface area contributed by atoms with E-state index in [4.69, 9.17) is 0 Å². The first-order valence-corrected chi connectivity index (χ1v) is 6.09. The van der Waals surface area contributed by atoms with Crippen LogP contribution in [0.4, 0.5) is 0 Å². The van der Waals surface area contributed by atoms with Gasteiger partial charge in [-0.3, -0.25) is 4.79 Å². The van der Waals surface area contributed by atoms with E-state index in [1.165, 1.54) is 17.0 Å². The summed E-state index contributed by atoms with van der Waals surface area (Å²) in [7, 11) is 0. The Kier molecular flexibility index (Phi) is 4.71. The van der Waals surface area contributed by atoms with Crippen molar-refractivity contribution in [2.75, 3.05) is 0 Å². The Labute approximate surface area is 112 Å². The Morgan fingerprint density at radius 1 is 0.842 bits per heavy atom. The van der Waals surface area contributed by atoms with E-state index in [-0.39, 0.29) is 0 Å². The number of H-pyrrole nitrogens is 1. The van der Waals surface area contributed by atoms with E-state index in [0.717, 1.165) is 11.8 Å². The van der Waals surface area contributed by atoms with Gasteiger partial charge in [0, 0.05) is 11.7 Å². The van der Waals surface area contributed by atoms with Crippen LogP contribution >= 0.6 is 0 Å². The molecule has 19 heavy (non-hydrogen) atoms. The molecule has 0 bridgehead atoms. The maximum atomic E-state index is 9.89. The first-order valence-electron chi connectivity index (χ1n) is 6.09. The van der Waals surface area contributed by atoms with E-state index in [2.05, 4.69) is 23.2 Å². The van der Waals surface area contributed by atoms with Gasteiger partial charge in [0.2, 0.25) is 0 Å². The molecule has 0 unspecified atom stereocenters. The SMILES string of the molecule is O=C/C=C/c1ccccc1.c1ccc2[nH]ccc2c1. The molecule has 94 valence electrons. The maximum absolute atomic E-state index is 9.89. The number of rotatable bonds is 2. The van der Waals surface area contributed by atoms with E-state index in [1.807, 2.05) is 48.7 Å². The van der Waals surface area contributed by atoms with Crippen LogP contribution in [0.3, 0.4) is 0 Å². The fraction of sp³-hybridized carbons (Fsp3) is 0. The third-order valence-electron chi connectivity index (χ3n) is 2.63.